The highest BCUT2D eigenvalue weighted by Crippen LogP contribution is 2.56. The monoisotopic (exact) mass is 705 g/mol. The number of benzene rings is 8. The Kier molecular flexibility index (Phi) is 7.92. The Bertz CT molecular complexity index is 2650. The maximum atomic E-state index is 2.39. The maximum absolute atomic E-state index is 2.39. The first-order chi connectivity index (χ1) is 27.0. The molecule has 0 saturated heterocycles. The van der Waals surface area contributed by atoms with Gasteiger partial charge in [-0.05, 0) is 134 Å². The molecule has 0 amide bonds. The molecule has 0 N–H and O–H groups in total. The first kappa shape index (κ1) is 33.2. The van der Waals surface area contributed by atoms with Gasteiger partial charge in [-0.3, -0.25) is 0 Å². The van der Waals surface area contributed by atoms with Gasteiger partial charge in [-0.1, -0.05) is 163 Å². The van der Waals surface area contributed by atoms with Crippen LogP contribution in [0.4, 0.5) is 11.4 Å². The van der Waals surface area contributed by atoms with Crippen molar-refractivity contribution in [2.75, 3.05) is 11.9 Å². The molecule has 2 aliphatic carbocycles. The van der Waals surface area contributed by atoms with E-state index in [1.165, 1.54) is 113 Å². The summed E-state index contributed by atoms with van der Waals surface area (Å²) < 4.78 is 0. The van der Waals surface area contributed by atoms with Crippen LogP contribution in [0.15, 0.2) is 182 Å². The summed E-state index contributed by atoms with van der Waals surface area (Å²) in [5.41, 5.74) is 22.8. The maximum Gasteiger partial charge on any atom is 0.0713 e. The standard InChI is InChI=1S/C54H43N/c1-36-12-15-38(16-13-36)39-21-27-45(28-22-39)54(52-10-6-4-8-49(52)50-9-5-7-11-53(50)54)46-29-23-40(24-30-46)41-25-32-47(33-26-41)55(3)48-31-14-37(2)51(35-48)44-20-18-42-17-19-43(42)34-44/h4-16,18,20-35H,17,19H2,1-3H3. The smallest absolute Gasteiger partial charge is 0.0713 e. The normalized spacial score (nSPS) is 13.4. The first-order valence-electron chi connectivity index (χ1n) is 19.5. The van der Waals surface area contributed by atoms with Crippen molar-refractivity contribution in [3.63, 3.8) is 0 Å². The van der Waals surface area contributed by atoms with Crippen LogP contribution in [-0.4, -0.2) is 7.05 Å². The minimum atomic E-state index is -0.433. The van der Waals surface area contributed by atoms with E-state index < -0.39 is 5.41 Å². The molecule has 0 aliphatic heterocycles. The summed E-state index contributed by atoms with van der Waals surface area (Å²) in [7, 11) is 2.17. The Hall–Kier alpha value is -6.44. The van der Waals surface area contributed by atoms with Crippen LogP contribution in [0.25, 0.3) is 44.5 Å². The summed E-state index contributed by atoms with van der Waals surface area (Å²) in [6, 6.07) is 68.2. The molecule has 0 saturated carbocycles. The van der Waals surface area contributed by atoms with Gasteiger partial charge in [-0.15, -0.1) is 0 Å². The van der Waals surface area contributed by atoms with Gasteiger partial charge < -0.3 is 4.90 Å². The minimum absolute atomic E-state index is 0.433. The third-order valence-corrected chi connectivity index (χ3v) is 12.4. The Morgan fingerprint density at radius 1 is 0.400 bits per heavy atom. The molecule has 0 unspecified atom stereocenters. The number of anilines is 2. The Balaban J connectivity index is 0.989. The van der Waals surface area contributed by atoms with Gasteiger partial charge in [0.2, 0.25) is 0 Å². The van der Waals surface area contributed by atoms with Gasteiger partial charge in [0.15, 0.2) is 0 Å². The fraction of sp³-hybridized carbons (Fsp3) is 0.111. The van der Waals surface area contributed by atoms with Crippen LogP contribution in [0.3, 0.4) is 0 Å². The molecular formula is C54H43N. The second kappa shape index (κ2) is 13.1. The van der Waals surface area contributed by atoms with Crippen molar-refractivity contribution in [2.24, 2.45) is 0 Å². The van der Waals surface area contributed by atoms with E-state index in [9.17, 15) is 0 Å². The predicted octanol–water partition coefficient (Wildman–Crippen LogP) is 13.5. The molecule has 264 valence electrons. The molecule has 0 fully saturated rings. The summed E-state index contributed by atoms with van der Waals surface area (Å²) in [6.07, 6.45) is 2.41. The van der Waals surface area contributed by atoms with E-state index in [1.54, 1.807) is 0 Å². The zero-order valence-corrected chi connectivity index (χ0v) is 31.7. The lowest BCUT2D eigenvalue weighted by Gasteiger charge is -2.34. The molecule has 0 bridgehead atoms. The Morgan fingerprint density at radius 2 is 0.873 bits per heavy atom. The summed E-state index contributed by atoms with van der Waals surface area (Å²) in [5.74, 6) is 0. The van der Waals surface area contributed by atoms with Gasteiger partial charge in [0.05, 0.1) is 5.41 Å². The molecule has 10 rings (SSSR count). The van der Waals surface area contributed by atoms with Gasteiger partial charge in [0, 0.05) is 18.4 Å². The number of fused-ring (bicyclic) bond motifs is 4. The molecule has 2 aliphatic rings. The molecule has 0 aromatic heterocycles. The third-order valence-electron chi connectivity index (χ3n) is 12.4. The van der Waals surface area contributed by atoms with Crippen LogP contribution in [-0.2, 0) is 18.3 Å². The van der Waals surface area contributed by atoms with Crippen molar-refractivity contribution >= 4 is 11.4 Å². The van der Waals surface area contributed by atoms with Crippen LogP contribution < -0.4 is 4.90 Å². The highest BCUT2D eigenvalue weighted by Gasteiger charge is 2.45. The van der Waals surface area contributed by atoms with Crippen LogP contribution in [0.5, 0.6) is 0 Å². The van der Waals surface area contributed by atoms with Gasteiger partial charge >= 0.3 is 0 Å². The van der Waals surface area contributed by atoms with Gasteiger partial charge in [0.25, 0.3) is 0 Å². The van der Waals surface area contributed by atoms with Crippen LogP contribution in [0.1, 0.15) is 44.5 Å². The highest BCUT2D eigenvalue weighted by atomic mass is 15.1. The fourth-order valence-corrected chi connectivity index (χ4v) is 9.11. The molecule has 8 aromatic rings. The van der Waals surface area contributed by atoms with Crippen molar-refractivity contribution in [3.05, 3.63) is 226 Å². The molecule has 55 heavy (non-hydrogen) atoms. The lowest BCUT2D eigenvalue weighted by molar-refractivity contribution is 0.769. The van der Waals surface area contributed by atoms with Crippen LogP contribution in [0.2, 0.25) is 0 Å². The average Bonchev–Trinajstić information content (AvgIpc) is 3.53. The third kappa shape index (κ3) is 5.45. The zero-order chi connectivity index (χ0) is 37.1. The average molecular weight is 706 g/mol. The second-order valence-corrected chi connectivity index (χ2v) is 15.5. The Morgan fingerprint density at radius 3 is 1.40 bits per heavy atom. The topological polar surface area (TPSA) is 3.24 Å². The van der Waals surface area contributed by atoms with E-state index in [0.29, 0.717) is 0 Å². The molecule has 1 heteroatoms. The van der Waals surface area contributed by atoms with E-state index in [2.05, 4.69) is 208 Å². The molecular weight excluding hydrogens is 663 g/mol. The highest BCUT2D eigenvalue weighted by molar-refractivity contribution is 5.87. The lowest BCUT2D eigenvalue weighted by atomic mass is 9.67. The van der Waals surface area contributed by atoms with E-state index in [0.717, 1.165) is 0 Å². The summed E-state index contributed by atoms with van der Waals surface area (Å²) in [6.45, 7) is 4.36. The fourth-order valence-electron chi connectivity index (χ4n) is 9.11. The van der Waals surface area contributed by atoms with Crippen molar-refractivity contribution in [2.45, 2.75) is 32.1 Å². The molecule has 0 spiro atoms. The first-order valence-corrected chi connectivity index (χ1v) is 19.5. The van der Waals surface area contributed by atoms with Gasteiger partial charge in [0.1, 0.15) is 0 Å². The largest absolute Gasteiger partial charge is 0.345 e. The SMILES string of the molecule is Cc1ccc(-c2ccc(C3(c4ccc(-c5ccc(N(C)c6ccc(C)c(-c7ccc8c(c7)CC8)c6)cc5)cc4)c4ccccc4-c4ccccc43)cc2)cc1. The zero-order valence-electron chi connectivity index (χ0n) is 31.7. The van der Waals surface area contributed by atoms with Crippen LogP contribution in [0, 0.1) is 13.8 Å². The summed E-state index contributed by atoms with van der Waals surface area (Å²) in [4.78, 5) is 2.29. The molecule has 0 atom stereocenters. The summed E-state index contributed by atoms with van der Waals surface area (Å²) >= 11 is 0. The number of hydrogen-bond donors (Lipinski definition) is 0. The van der Waals surface area contributed by atoms with E-state index in [-0.39, 0.29) is 0 Å². The molecule has 0 radical (unpaired) electrons. The number of rotatable bonds is 7. The number of aryl methyl sites for hydroxylation is 4. The quantitative estimate of drug-likeness (QED) is 0.160. The van der Waals surface area contributed by atoms with Gasteiger partial charge in [-0.25, -0.2) is 0 Å². The van der Waals surface area contributed by atoms with Crippen molar-refractivity contribution < 1.29 is 0 Å². The van der Waals surface area contributed by atoms with E-state index >= 15 is 0 Å². The van der Waals surface area contributed by atoms with Crippen molar-refractivity contribution in [1.82, 2.24) is 0 Å². The summed E-state index contributed by atoms with van der Waals surface area (Å²) in [5, 5.41) is 0. The van der Waals surface area contributed by atoms with Crippen molar-refractivity contribution in [3.8, 4) is 44.5 Å². The van der Waals surface area contributed by atoms with E-state index in [1.807, 2.05) is 0 Å². The van der Waals surface area contributed by atoms with Crippen LogP contribution >= 0.6 is 0 Å². The Labute approximate surface area is 325 Å². The number of nitrogens with zero attached hydrogens (tertiary/aromatic N) is 1. The van der Waals surface area contributed by atoms with Crippen molar-refractivity contribution in [1.29, 1.82) is 0 Å². The minimum Gasteiger partial charge on any atom is -0.345 e. The lowest BCUT2D eigenvalue weighted by Crippen LogP contribution is -2.28. The van der Waals surface area contributed by atoms with E-state index in [4.69, 9.17) is 0 Å². The molecule has 1 nitrogen and oxygen atoms in total. The predicted molar refractivity (Wildman–Crippen MR) is 231 cm³/mol. The van der Waals surface area contributed by atoms with Gasteiger partial charge in [-0.2, -0.15) is 0 Å². The molecule has 0 heterocycles. The second-order valence-electron chi connectivity index (χ2n) is 15.5. The number of hydrogen-bond acceptors (Lipinski definition) is 1. The molecule has 8 aromatic carbocycles.